The second kappa shape index (κ2) is 8.68. The molecule has 0 spiro atoms. The zero-order valence-electron chi connectivity index (χ0n) is 17.1. The van der Waals surface area contributed by atoms with Crippen LogP contribution in [0.5, 0.6) is 0 Å². The van der Waals surface area contributed by atoms with Crippen LogP contribution in [-0.2, 0) is 6.42 Å². The topological polar surface area (TPSA) is 113 Å². The van der Waals surface area contributed by atoms with Gasteiger partial charge < -0.3 is 10.6 Å². The molecule has 2 aromatic carbocycles. The van der Waals surface area contributed by atoms with Crippen LogP contribution in [0.3, 0.4) is 0 Å². The standard InChI is InChI=1S/C23H20N8O/c32-23(24-10-9-16-5-2-1-3-6-16)17-7-4-8-19(11-17)30-21-22-26-15-29-31(22)20(14-25-21)18-12-27-28-13-18/h1-8,11-15H,9-10H2,(H,24,32)(H,25,30)(H,27,28). The van der Waals surface area contributed by atoms with Crippen molar-refractivity contribution in [3.8, 4) is 11.3 Å². The molecule has 3 N–H and O–H groups in total. The fraction of sp³-hybridized carbons (Fsp3) is 0.0870. The Morgan fingerprint density at radius 1 is 1.03 bits per heavy atom. The predicted octanol–water partition coefficient (Wildman–Crippen LogP) is 3.23. The number of amides is 1. The summed E-state index contributed by atoms with van der Waals surface area (Å²) in [5, 5.41) is 17.3. The Morgan fingerprint density at radius 3 is 2.78 bits per heavy atom. The third-order valence-electron chi connectivity index (χ3n) is 5.03. The molecule has 9 nitrogen and oxygen atoms in total. The molecule has 0 atom stereocenters. The molecule has 0 aliphatic carbocycles. The minimum absolute atomic E-state index is 0.125. The van der Waals surface area contributed by atoms with Crippen LogP contribution in [0.25, 0.3) is 16.9 Å². The number of nitrogens with one attached hydrogen (secondary N) is 3. The highest BCUT2D eigenvalue weighted by Crippen LogP contribution is 2.24. The zero-order valence-corrected chi connectivity index (χ0v) is 17.1. The molecule has 0 saturated heterocycles. The molecule has 32 heavy (non-hydrogen) atoms. The summed E-state index contributed by atoms with van der Waals surface area (Å²) in [5.41, 5.74) is 4.67. The highest BCUT2D eigenvalue weighted by atomic mass is 16.1. The summed E-state index contributed by atoms with van der Waals surface area (Å²) >= 11 is 0. The number of fused-ring (bicyclic) bond motifs is 1. The number of hydrogen-bond donors (Lipinski definition) is 3. The molecular weight excluding hydrogens is 404 g/mol. The normalized spacial score (nSPS) is 10.9. The van der Waals surface area contributed by atoms with Crippen molar-refractivity contribution in [1.29, 1.82) is 0 Å². The van der Waals surface area contributed by atoms with E-state index in [2.05, 4.69) is 35.9 Å². The van der Waals surface area contributed by atoms with E-state index in [9.17, 15) is 4.79 Å². The first kappa shape index (κ1) is 19.4. The first-order chi connectivity index (χ1) is 15.8. The van der Waals surface area contributed by atoms with Crippen LogP contribution >= 0.6 is 0 Å². The lowest BCUT2D eigenvalue weighted by molar-refractivity contribution is 0.0954. The molecule has 1 amide bonds. The number of hydrogen-bond acceptors (Lipinski definition) is 6. The lowest BCUT2D eigenvalue weighted by atomic mass is 10.1. The molecule has 0 bridgehead atoms. The number of aromatic amines is 1. The Labute approximate surface area is 183 Å². The molecule has 0 saturated carbocycles. The van der Waals surface area contributed by atoms with Gasteiger partial charge in [0.1, 0.15) is 6.33 Å². The van der Waals surface area contributed by atoms with E-state index in [1.807, 2.05) is 42.5 Å². The van der Waals surface area contributed by atoms with E-state index in [0.717, 1.165) is 23.4 Å². The third kappa shape index (κ3) is 4.04. The number of benzene rings is 2. The molecule has 9 heteroatoms. The monoisotopic (exact) mass is 424 g/mol. The number of rotatable bonds is 7. The van der Waals surface area contributed by atoms with Crippen molar-refractivity contribution in [2.75, 3.05) is 11.9 Å². The number of nitrogens with zero attached hydrogens (tertiary/aromatic N) is 5. The Balaban J connectivity index is 1.31. The van der Waals surface area contributed by atoms with Crippen molar-refractivity contribution < 1.29 is 4.79 Å². The Morgan fingerprint density at radius 2 is 1.94 bits per heavy atom. The van der Waals surface area contributed by atoms with E-state index in [1.165, 1.54) is 11.9 Å². The molecule has 0 radical (unpaired) electrons. The van der Waals surface area contributed by atoms with Gasteiger partial charge in [0.2, 0.25) is 0 Å². The van der Waals surface area contributed by atoms with Gasteiger partial charge in [-0.25, -0.2) is 14.5 Å². The summed E-state index contributed by atoms with van der Waals surface area (Å²) < 4.78 is 1.69. The number of carbonyl (C=O) groups excluding carboxylic acids is 1. The fourth-order valence-electron chi connectivity index (χ4n) is 3.44. The van der Waals surface area contributed by atoms with Crippen LogP contribution in [0.15, 0.2) is 79.5 Å². The number of H-pyrrole nitrogens is 1. The summed E-state index contributed by atoms with van der Waals surface area (Å²) in [6, 6.07) is 17.3. The minimum atomic E-state index is -0.125. The highest BCUT2D eigenvalue weighted by molar-refractivity contribution is 5.95. The SMILES string of the molecule is O=C(NCCc1ccccc1)c1cccc(Nc2ncc(-c3cn[nH]c3)n3ncnc23)c1. The molecule has 3 aromatic heterocycles. The molecule has 0 aliphatic rings. The molecule has 0 aliphatic heterocycles. The average Bonchev–Trinajstić information content (AvgIpc) is 3.53. The molecule has 5 rings (SSSR count). The minimum Gasteiger partial charge on any atom is -0.352 e. The maximum absolute atomic E-state index is 12.6. The van der Waals surface area contributed by atoms with Gasteiger partial charge in [0.15, 0.2) is 11.5 Å². The maximum Gasteiger partial charge on any atom is 0.251 e. The number of anilines is 2. The average molecular weight is 424 g/mol. The van der Waals surface area contributed by atoms with Gasteiger partial charge in [-0.05, 0) is 30.2 Å². The van der Waals surface area contributed by atoms with Crippen molar-refractivity contribution in [2.45, 2.75) is 6.42 Å². The van der Waals surface area contributed by atoms with E-state index >= 15 is 0 Å². The summed E-state index contributed by atoms with van der Waals surface area (Å²) in [4.78, 5) is 21.4. The second-order valence-electron chi connectivity index (χ2n) is 7.17. The van der Waals surface area contributed by atoms with Crippen LogP contribution in [0, 0.1) is 0 Å². The predicted molar refractivity (Wildman–Crippen MR) is 121 cm³/mol. The van der Waals surface area contributed by atoms with Crippen molar-refractivity contribution in [3.05, 3.63) is 90.6 Å². The Hall–Kier alpha value is -4.53. The van der Waals surface area contributed by atoms with E-state index in [-0.39, 0.29) is 5.91 Å². The molecule has 158 valence electrons. The first-order valence-electron chi connectivity index (χ1n) is 10.1. The number of aromatic nitrogens is 6. The van der Waals surface area contributed by atoms with Crippen molar-refractivity contribution in [3.63, 3.8) is 0 Å². The summed E-state index contributed by atoms with van der Waals surface area (Å²) in [6.45, 7) is 0.567. The van der Waals surface area contributed by atoms with Gasteiger partial charge in [0, 0.05) is 29.6 Å². The van der Waals surface area contributed by atoms with Crippen LogP contribution in [0.1, 0.15) is 15.9 Å². The third-order valence-corrected chi connectivity index (χ3v) is 5.03. The second-order valence-corrected chi connectivity index (χ2v) is 7.17. The van der Waals surface area contributed by atoms with Crippen LogP contribution < -0.4 is 10.6 Å². The van der Waals surface area contributed by atoms with Gasteiger partial charge in [-0.2, -0.15) is 10.2 Å². The van der Waals surface area contributed by atoms with Crippen LogP contribution in [-0.4, -0.2) is 42.2 Å². The van der Waals surface area contributed by atoms with E-state index in [1.54, 1.807) is 35.2 Å². The van der Waals surface area contributed by atoms with Crippen molar-refractivity contribution >= 4 is 23.1 Å². The lowest BCUT2D eigenvalue weighted by Crippen LogP contribution is -2.25. The summed E-state index contributed by atoms with van der Waals surface area (Å²) in [5.74, 6) is 0.414. The lowest BCUT2D eigenvalue weighted by Gasteiger charge is -2.10. The first-order valence-corrected chi connectivity index (χ1v) is 10.1. The van der Waals surface area contributed by atoms with Gasteiger partial charge in [-0.15, -0.1) is 0 Å². The maximum atomic E-state index is 12.6. The van der Waals surface area contributed by atoms with Crippen LogP contribution in [0.2, 0.25) is 0 Å². The van der Waals surface area contributed by atoms with E-state index in [0.29, 0.717) is 23.6 Å². The van der Waals surface area contributed by atoms with Gasteiger partial charge in [0.25, 0.3) is 5.91 Å². The van der Waals surface area contributed by atoms with Gasteiger partial charge >= 0.3 is 0 Å². The quantitative estimate of drug-likeness (QED) is 0.370. The largest absolute Gasteiger partial charge is 0.352 e. The highest BCUT2D eigenvalue weighted by Gasteiger charge is 2.13. The Bertz CT molecular complexity index is 1350. The summed E-state index contributed by atoms with van der Waals surface area (Å²) in [7, 11) is 0. The van der Waals surface area contributed by atoms with Gasteiger partial charge in [-0.3, -0.25) is 9.89 Å². The van der Waals surface area contributed by atoms with Gasteiger partial charge in [-0.1, -0.05) is 36.4 Å². The van der Waals surface area contributed by atoms with Crippen molar-refractivity contribution in [2.24, 2.45) is 0 Å². The smallest absolute Gasteiger partial charge is 0.251 e. The van der Waals surface area contributed by atoms with Gasteiger partial charge in [0.05, 0.1) is 18.1 Å². The van der Waals surface area contributed by atoms with Crippen molar-refractivity contribution in [1.82, 2.24) is 35.1 Å². The van der Waals surface area contributed by atoms with Crippen LogP contribution in [0.4, 0.5) is 11.5 Å². The zero-order chi connectivity index (χ0) is 21.8. The molecular formula is C23H20N8O. The summed E-state index contributed by atoms with van der Waals surface area (Å²) in [6.07, 6.45) is 7.43. The fourth-order valence-corrected chi connectivity index (χ4v) is 3.44. The molecule has 0 fully saturated rings. The van der Waals surface area contributed by atoms with E-state index < -0.39 is 0 Å². The molecule has 0 unspecified atom stereocenters. The molecule has 3 heterocycles. The molecule has 5 aromatic rings. The number of carbonyl (C=O) groups is 1. The van der Waals surface area contributed by atoms with E-state index in [4.69, 9.17) is 0 Å². The Kier molecular flexibility index (Phi) is 5.27.